The van der Waals surface area contributed by atoms with Crippen molar-refractivity contribution >= 4 is 5.91 Å². The lowest BCUT2D eigenvalue weighted by molar-refractivity contribution is -0.132. The number of nitrogens with zero attached hydrogens (tertiary/aromatic N) is 3. The van der Waals surface area contributed by atoms with Crippen LogP contribution in [0.2, 0.25) is 0 Å². The van der Waals surface area contributed by atoms with Gasteiger partial charge in [-0.15, -0.1) is 0 Å². The van der Waals surface area contributed by atoms with Crippen molar-refractivity contribution in [2.45, 2.75) is 63.5 Å². The van der Waals surface area contributed by atoms with E-state index >= 15 is 0 Å². The van der Waals surface area contributed by atoms with Gasteiger partial charge in [0.15, 0.2) is 0 Å². The fourth-order valence-corrected chi connectivity index (χ4v) is 3.90. The summed E-state index contributed by atoms with van der Waals surface area (Å²) < 4.78 is 1.97. The first-order chi connectivity index (χ1) is 10.7. The number of carbonyl (C=O) groups is 1. The van der Waals surface area contributed by atoms with Gasteiger partial charge in [-0.3, -0.25) is 4.79 Å². The molecule has 1 saturated carbocycles. The minimum Gasteiger partial charge on any atom is -0.391 e. The van der Waals surface area contributed by atoms with Gasteiger partial charge in [-0.1, -0.05) is 19.3 Å². The molecule has 0 spiro atoms. The number of likely N-dealkylation sites (tertiary alicyclic amines) is 1. The summed E-state index contributed by atoms with van der Waals surface area (Å²) in [6.07, 6.45) is 13.4. The number of imidazole rings is 1. The molecule has 0 unspecified atom stereocenters. The number of rotatable bonds is 3. The van der Waals surface area contributed by atoms with Gasteiger partial charge in [0.2, 0.25) is 5.91 Å². The van der Waals surface area contributed by atoms with E-state index in [0.717, 1.165) is 13.0 Å². The molecule has 5 nitrogen and oxygen atoms in total. The molecule has 2 heterocycles. The van der Waals surface area contributed by atoms with Gasteiger partial charge in [0, 0.05) is 31.9 Å². The quantitative estimate of drug-likeness (QED) is 0.933. The van der Waals surface area contributed by atoms with Crippen molar-refractivity contribution in [1.82, 2.24) is 14.5 Å². The Kier molecular flexibility index (Phi) is 5.13. The van der Waals surface area contributed by atoms with Crippen LogP contribution in [0.1, 0.15) is 57.4 Å². The summed E-state index contributed by atoms with van der Waals surface area (Å²) in [5, 5.41) is 10.4. The van der Waals surface area contributed by atoms with Crippen LogP contribution in [0.5, 0.6) is 0 Å². The average molecular weight is 305 g/mol. The zero-order valence-corrected chi connectivity index (χ0v) is 13.2. The Morgan fingerprint density at radius 3 is 2.64 bits per heavy atom. The van der Waals surface area contributed by atoms with Gasteiger partial charge in [-0.2, -0.15) is 0 Å². The van der Waals surface area contributed by atoms with Crippen LogP contribution in [0.15, 0.2) is 18.7 Å². The third kappa shape index (κ3) is 3.69. The zero-order chi connectivity index (χ0) is 15.4. The van der Waals surface area contributed by atoms with E-state index in [4.69, 9.17) is 0 Å². The molecule has 122 valence electrons. The van der Waals surface area contributed by atoms with Crippen LogP contribution in [-0.2, 0) is 4.79 Å². The van der Waals surface area contributed by atoms with E-state index in [-0.39, 0.29) is 11.9 Å². The third-order valence-corrected chi connectivity index (χ3v) is 5.28. The first kappa shape index (κ1) is 15.5. The molecule has 1 aromatic heterocycles. The van der Waals surface area contributed by atoms with Gasteiger partial charge in [-0.25, -0.2) is 4.98 Å². The van der Waals surface area contributed by atoms with Crippen molar-refractivity contribution in [1.29, 1.82) is 0 Å². The molecule has 2 aliphatic rings. The van der Waals surface area contributed by atoms with Crippen molar-refractivity contribution in [3.05, 3.63) is 18.7 Å². The first-order valence-corrected chi connectivity index (χ1v) is 8.67. The van der Waals surface area contributed by atoms with Gasteiger partial charge < -0.3 is 14.6 Å². The predicted octanol–water partition coefficient (Wildman–Crippen LogP) is 2.38. The number of hydrogen-bond donors (Lipinski definition) is 1. The minimum absolute atomic E-state index is 0.0370. The summed E-state index contributed by atoms with van der Waals surface area (Å²) in [5.41, 5.74) is 0. The van der Waals surface area contributed by atoms with E-state index in [0.29, 0.717) is 25.3 Å². The van der Waals surface area contributed by atoms with Crippen LogP contribution in [0.25, 0.3) is 0 Å². The lowest BCUT2D eigenvalue weighted by Gasteiger charge is -2.26. The van der Waals surface area contributed by atoms with Crippen LogP contribution in [-0.4, -0.2) is 44.7 Å². The Bertz CT molecular complexity index is 468. The molecule has 1 aliphatic heterocycles. The minimum atomic E-state index is -0.401. The smallest absolute Gasteiger partial charge is 0.222 e. The summed E-state index contributed by atoms with van der Waals surface area (Å²) in [5.74, 6) is 0.865. The highest BCUT2D eigenvalue weighted by Crippen LogP contribution is 2.28. The molecule has 2 fully saturated rings. The highest BCUT2D eigenvalue weighted by Gasteiger charge is 2.28. The second kappa shape index (κ2) is 7.27. The van der Waals surface area contributed by atoms with Crippen LogP contribution in [0, 0.1) is 5.92 Å². The predicted molar refractivity (Wildman–Crippen MR) is 84.3 cm³/mol. The molecule has 2 atom stereocenters. The zero-order valence-electron chi connectivity index (χ0n) is 13.2. The molecule has 0 bridgehead atoms. The summed E-state index contributed by atoms with van der Waals surface area (Å²) in [6.45, 7) is 1.42. The fraction of sp³-hybridized carbons (Fsp3) is 0.765. The topological polar surface area (TPSA) is 58.4 Å². The lowest BCUT2D eigenvalue weighted by Crippen LogP contribution is -2.33. The Morgan fingerprint density at radius 2 is 1.91 bits per heavy atom. The third-order valence-electron chi connectivity index (χ3n) is 5.28. The molecule has 1 N–H and O–H groups in total. The molecule has 0 aromatic carbocycles. The van der Waals surface area contributed by atoms with E-state index in [2.05, 4.69) is 4.98 Å². The summed E-state index contributed by atoms with van der Waals surface area (Å²) >= 11 is 0. The van der Waals surface area contributed by atoms with E-state index in [1.807, 2.05) is 15.7 Å². The molecule has 5 heteroatoms. The molecular weight excluding hydrogens is 278 g/mol. The monoisotopic (exact) mass is 305 g/mol. The molecule has 3 rings (SSSR count). The number of aromatic nitrogens is 2. The van der Waals surface area contributed by atoms with Crippen molar-refractivity contribution in [2.24, 2.45) is 5.92 Å². The summed E-state index contributed by atoms with van der Waals surface area (Å²) in [6, 6.07) is 0.0370. The Labute approximate surface area is 132 Å². The standard InChI is InChI=1S/C17H27N3O2/c21-16-7-10-19(9-6-15(16)20-11-8-18-13-20)17(22)12-14-4-2-1-3-5-14/h8,11,13-16,21H,1-7,9-10,12H2/t15-,16-/m0/s1. The lowest BCUT2D eigenvalue weighted by atomic mass is 9.86. The molecule has 1 amide bonds. The highest BCUT2D eigenvalue weighted by atomic mass is 16.3. The summed E-state index contributed by atoms with van der Waals surface area (Å²) in [4.78, 5) is 18.6. The largest absolute Gasteiger partial charge is 0.391 e. The van der Waals surface area contributed by atoms with Crippen LogP contribution in [0.4, 0.5) is 0 Å². The SMILES string of the molecule is O=C(CC1CCCCC1)N1CC[C@H](O)[C@@H](n2ccnc2)CC1. The van der Waals surface area contributed by atoms with Gasteiger partial charge in [0.05, 0.1) is 18.5 Å². The average Bonchev–Trinajstić information content (AvgIpc) is 2.98. The molecule has 22 heavy (non-hydrogen) atoms. The maximum Gasteiger partial charge on any atom is 0.222 e. The van der Waals surface area contributed by atoms with Gasteiger partial charge >= 0.3 is 0 Å². The Balaban J connectivity index is 1.56. The van der Waals surface area contributed by atoms with E-state index in [1.54, 1.807) is 12.5 Å². The number of aliphatic hydroxyl groups is 1. The molecular formula is C17H27N3O2. The van der Waals surface area contributed by atoms with Crippen molar-refractivity contribution < 1.29 is 9.90 Å². The van der Waals surface area contributed by atoms with Gasteiger partial charge in [0.1, 0.15) is 0 Å². The molecule has 1 saturated heterocycles. The van der Waals surface area contributed by atoms with Crippen LogP contribution in [0.3, 0.4) is 0 Å². The number of hydrogen-bond acceptors (Lipinski definition) is 3. The first-order valence-electron chi connectivity index (χ1n) is 8.67. The molecule has 0 radical (unpaired) electrons. The number of aliphatic hydroxyl groups excluding tert-OH is 1. The van der Waals surface area contributed by atoms with E-state index in [9.17, 15) is 9.90 Å². The maximum atomic E-state index is 12.5. The van der Waals surface area contributed by atoms with Crippen molar-refractivity contribution in [2.75, 3.05) is 13.1 Å². The van der Waals surface area contributed by atoms with Gasteiger partial charge in [0.25, 0.3) is 0 Å². The fourth-order valence-electron chi connectivity index (χ4n) is 3.90. The Hall–Kier alpha value is -1.36. The van der Waals surface area contributed by atoms with Crippen LogP contribution >= 0.6 is 0 Å². The second-order valence-electron chi connectivity index (χ2n) is 6.81. The van der Waals surface area contributed by atoms with E-state index in [1.165, 1.54) is 32.1 Å². The van der Waals surface area contributed by atoms with Gasteiger partial charge in [-0.05, 0) is 31.6 Å². The number of amides is 1. The number of carbonyl (C=O) groups excluding carboxylic acids is 1. The molecule has 1 aromatic rings. The van der Waals surface area contributed by atoms with Crippen molar-refractivity contribution in [3.8, 4) is 0 Å². The van der Waals surface area contributed by atoms with Crippen LogP contribution < -0.4 is 0 Å². The molecule has 1 aliphatic carbocycles. The summed E-state index contributed by atoms with van der Waals surface area (Å²) in [7, 11) is 0. The highest BCUT2D eigenvalue weighted by molar-refractivity contribution is 5.76. The maximum absolute atomic E-state index is 12.5. The Morgan fingerprint density at radius 1 is 1.14 bits per heavy atom. The normalized spacial score (nSPS) is 27.6. The second-order valence-corrected chi connectivity index (χ2v) is 6.81. The van der Waals surface area contributed by atoms with E-state index < -0.39 is 6.10 Å². The van der Waals surface area contributed by atoms with Crippen molar-refractivity contribution in [3.63, 3.8) is 0 Å².